The number of amides is 1. The first-order valence-electron chi connectivity index (χ1n) is 6.02. The molecule has 1 N–H and O–H groups in total. The van der Waals surface area contributed by atoms with Gasteiger partial charge in [-0.2, -0.15) is 0 Å². The Balaban J connectivity index is 2.47. The molecule has 1 saturated heterocycles. The Morgan fingerprint density at radius 1 is 1.44 bits per heavy atom. The molecule has 94 valence electrons. The van der Waals surface area contributed by atoms with Crippen molar-refractivity contribution in [1.82, 2.24) is 9.80 Å². The number of piperidine rings is 1. The molecule has 0 aromatic carbocycles. The van der Waals surface area contributed by atoms with Gasteiger partial charge in [-0.15, -0.1) is 0 Å². The van der Waals surface area contributed by atoms with E-state index < -0.39 is 6.09 Å². The van der Waals surface area contributed by atoms with Gasteiger partial charge in [-0.1, -0.05) is 6.92 Å². The Kier molecular flexibility index (Phi) is 4.19. The lowest BCUT2D eigenvalue weighted by atomic mass is 9.79. The van der Waals surface area contributed by atoms with E-state index in [1.807, 2.05) is 0 Å². The normalized spacial score (nSPS) is 21.1. The molecule has 1 heterocycles. The Morgan fingerprint density at radius 3 is 2.31 bits per heavy atom. The molecule has 0 saturated carbocycles. The van der Waals surface area contributed by atoms with Gasteiger partial charge in [-0.05, 0) is 45.2 Å². The van der Waals surface area contributed by atoms with Crippen LogP contribution >= 0.6 is 0 Å². The first-order chi connectivity index (χ1) is 7.34. The topological polar surface area (TPSA) is 43.8 Å². The van der Waals surface area contributed by atoms with Crippen molar-refractivity contribution in [3.8, 4) is 0 Å². The largest absolute Gasteiger partial charge is 0.465 e. The molecule has 1 aliphatic rings. The molecule has 0 unspecified atom stereocenters. The first-order valence-corrected chi connectivity index (χ1v) is 6.02. The lowest BCUT2D eigenvalue weighted by Gasteiger charge is -2.42. The van der Waals surface area contributed by atoms with Crippen molar-refractivity contribution in [3.63, 3.8) is 0 Å². The molecule has 4 nitrogen and oxygen atoms in total. The van der Waals surface area contributed by atoms with E-state index >= 15 is 0 Å². The number of rotatable bonds is 3. The van der Waals surface area contributed by atoms with Gasteiger partial charge in [0, 0.05) is 19.6 Å². The van der Waals surface area contributed by atoms with Gasteiger partial charge in [0.2, 0.25) is 0 Å². The van der Waals surface area contributed by atoms with Crippen LogP contribution in [-0.2, 0) is 0 Å². The second-order valence-corrected chi connectivity index (χ2v) is 5.58. The van der Waals surface area contributed by atoms with Crippen LogP contribution in [0.15, 0.2) is 0 Å². The number of carbonyl (C=O) groups is 1. The highest BCUT2D eigenvalue weighted by Gasteiger charge is 2.32. The average Bonchev–Trinajstić information content (AvgIpc) is 2.17. The summed E-state index contributed by atoms with van der Waals surface area (Å²) >= 11 is 0. The van der Waals surface area contributed by atoms with Gasteiger partial charge in [0.1, 0.15) is 0 Å². The van der Waals surface area contributed by atoms with Crippen molar-refractivity contribution < 1.29 is 9.90 Å². The average molecular weight is 228 g/mol. The van der Waals surface area contributed by atoms with E-state index in [-0.39, 0.29) is 5.41 Å². The lowest BCUT2D eigenvalue weighted by Crippen LogP contribution is -2.46. The van der Waals surface area contributed by atoms with E-state index in [1.54, 1.807) is 7.05 Å². The third-order valence-electron chi connectivity index (χ3n) is 3.68. The van der Waals surface area contributed by atoms with Crippen LogP contribution in [0.5, 0.6) is 0 Å². The van der Waals surface area contributed by atoms with E-state index in [0.717, 1.165) is 25.9 Å². The molecule has 0 aliphatic carbocycles. The van der Waals surface area contributed by atoms with E-state index in [9.17, 15) is 4.79 Å². The summed E-state index contributed by atoms with van der Waals surface area (Å²) in [6.07, 6.45) is 1.35. The van der Waals surface area contributed by atoms with Gasteiger partial charge in [0.15, 0.2) is 0 Å². The SMILES string of the molecule is CC(C)N1CCC(C)(CN(C)C(=O)O)CC1. The minimum Gasteiger partial charge on any atom is -0.465 e. The summed E-state index contributed by atoms with van der Waals surface area (Å²) in [4.78, 5) is 14.7. The highest BCUT2D eigenvalue weighted by Crippen LogP contribution is 2.32. The molecule has 16 heavy (non-hydrogen) atoms. The van der Waals surface area contributed by atoms with Gasteiger partial charge in [0.05, 0.1) is 0 Å². The Bertz CT molecular complexity index is 245. The van der Waals surface area contributed by atoms with Crippen LogP contribution in [0, 0.1) is 5.41 Å². The molecule has 0 atom stereocenters. The van der Waals surface area contributed by atoms with Crippen molar-refractivity contribution in [2.75, 3.05) is 26.7 Å². The Hall–Kier alpha value is -0.770. The molecule has 0 bridgehead atoms. The van der Waals surface area contributed by atoms with Gasteiger partial charge >= 0.3 is 6.09 Å². The maximum Gasteiger partial charge on any atom is 0.407 e. The highest BCUT2D eigenvalue weighted by atomic mass is 16.4. The van der Waals surface area contributed by atoms with E-state index in [2.05, 4.69) is 25.7 Å². The Labute approximate surface area is 98.2 Å². The van der Waals surface area contributed by atoms with Crippen LogP contribution in [0.2, 0.25) is 0 Å². The summed E-state index contributed by atoms with van der Waals surface area (Å²) in [6.45, 7) is 9.44. The molecule has 1 fully saturated rings. The van der Waals surface area contributed by atoms with Crippen LogP contribution in [0.25, 0.3) is 0 Å². The van der Waals surface area contributed by atoms with Crippen molar-refractivity contribution in [1.29, 1.82) is 0 Å². The molecule has 0 aromatic rings. The fourth-order valence-corrected chi connectivity index (χ4v) is 2.38. The molecule has 0 radical (unpaired) electrons. The third-order valence-corrected chi connectivity index (χ3v) is 3.68. The summed E-state index contributed by atoms with van der Waals surface area (Å²) in [5.41, 5.74) is 0.151. The number of nitrogens with zero attached hydrogens (tertiary/aromatic N) is 2. The smallest absolute Gasteiger partial charge is 0.407 e. The van der Waals surface area contributed by atoms with E-state index in [4.69, 9.17) is 5.11 Å². The molecule has 0 aromatic heterocycles. The predicted molar refractivity (Wildman–Crippen MR) is 64.7 cm³/mol. The standard InChI is InChI=1S/C12H24N2O2/c1-10(2)14-7-5-12(3,6-8-14)9-13(4)11(15)16/h10H,5-9H2,1-4H3,(H,15,16). The van der Waals surface area contributed by atoms with Crippen molar-refractivity contribution >= 4 is 6.09 Å². The number of hydrogen-bond acceptors (Lipinski definition) is 2. The summed E-state index contributed by atoms with van der Waals surface area (Å²) < 4.78 is 0. The second-order valence-electron chi connectivity index (χ2n) is 5.58. The minimum absolute atomic E-state index is 0.151. The van der Waals surface area contributed by atoms with Gasteiger partial charge in [-0.3, -0.25) is 0 Å². The summed E-state index contributed by atoms with van der Waals surface area (Å²) in [7, 11) is 1.66. The third kappa shape index (κ3) is 3.37. The van der Waals surface area contributed by atoms with E-state index in [1.165, 1.54) is 4.90 Å². The highest BCUT2D eigenvalue weighted by molar-refractivity contribution is 5.64. The predicted octanol–water partition coefficient (Wildman–Crippen LogP) is 2.11. The summed E-state index contributed by atoms with van der Waals surface area (Å²) in [5, 5.41) is 8.88. The van der Waals surface area contributed by atoms with Gasteiger partial charge in [0.25, 0.3) is 0 Å². The van der Waals surface area contributed by atoms with Crippen molar-refractivity contribution in [3.05, 3.63) is 0 Å². The first kappa shape index (κ1) is 13.3. The summed E-state index contributed by atoms with van der Waals surface area (Å²) in [5.74, 6) is 0. The molecular weight excluding hydrogens is 204 g/mol. The maximum absolute atomic E-state index is 10.8. The summed E-state index contributed by atoms with van der Waals surface area (Å²) in [6, 6.07) is 0.599. The maximum atomic E-state index is 10.8. The number of hydrogen-bond donors (Lipinski definition) is 1. The van der Waals surface area contributed by atoms with Gasteiger partial charge in [-0.25, -0.2) is 4.79 Å². The fraction of sp³-hybridized carbons (Fsp3) is 0.917. The lowest BCUT2D eigenvalue weighted by molar-refractivity contribution is 0.0661. The molecule has 0 spiro atoms. The minimum atomic E-state index is -0.826. The van der Waals surface area contributed by atoms with E-state index in [0.29, 0.717) is 12.6 Å². The second kappa shape index (κ2) is 5.04. The number of carboxylic acid groups (broad SMARTS) is 1. The zero-order valence-corrected chi connectivity index (χ0v) is 10.9. The fourth-order valence-electron chi connectivity index (χ4n) is 2.38. The van der Waals surface area contributed by atoms with Crippen LogP contribution in [0.1, 0.15) is 33.6 Å². The molecular formula is C12H24N2O2. The van der Waals surface area contributed by atoms with Crippen molar-refractivity contribution in [2.24, 2.45) is 5.41 Å². The van der Waals surface area contributed by atoms with Crippen LogP contribution in [-0.4, -0.2) is 53.7 Å². The molecule has 4 heteroatoms. The number of likely N-dealkylation sites (tertiary alicyclic amines) is 1. The zero-order valence-electron chi connectivity index (χ0n) is 10.9. The van der Waals surface area contributed by atoms with Gasteiger partial charge < -0.3 is 14.9 Å². The quantitative estimate of drug-likeness (QED) is 0.804. The molecule has 1 aliphatic heterocycles. The van der Waals surface area contributed by atoms with Crippen LogP contribution in [0.3, 0.4) is 0 Å². The van der Waals surface area contributed by atoms with Crippen LogP contribution < -0.4 is 0 Å². The zero-order chi connectivity index (χ0) is 12.3. The molecule has 1 rings (SSSR count). The molecule has 1 amide bonds. The van der Waals surface area contributed by atoms with Crippen molar-refractivity contribution in [2.45, 2.75) is 39.7 Å². The Morgan fingerprint density at radius 2 is 1.94 bits per heavy atom. The monoisotopic (exact) mass is 228 g/mol. The van der Waals surface area contributed by atoms with Crippen LogP contribution in [0.4, 0.5) is 4.79 Å².